The van der Waals surface area contributed by atoms with E-state index >= 15 is 0 Å². The molecule has 4 heterocycles. The molecule has 2 aromatic heterocycles. The van der Waals surface area contributed by atoms with Gasteiger partial charge in [-0.15, -0.1) is 0 Å². The Balaban J connectivity index is 1.16. The zero-order valence-corrected chi connectivity index (χ0v) is 30.4. The molecule has 0 radical (unpaired) electrons. The Morgan fingerprint density at radius 2 is 1.82 bits per heavy atom. The predicted molar refractivity (Wildman–Crippen MR) is 192 cm³/mol. The number of carbonyl (C=O) groups is 2. The molecule has 1 saturated heterocycles. The van der Waals surface area contributed by atoms with Gasteiger partial charge < -0.3 is 33.3 Å². The summed E-state index contributed by atoms with van der Waals surface area (Å²) in [5, 5.41) is 0.853. The van der Waals surface area contributed by atoms with Gasteiger partial charge in [-0.3, -0.25) is 9.78 Å². The van der Waals surface area contributed by atoms with Gasteiger partial charge in [0.25, 0.3) is 11.8 Å². The van der Waals surface area contributed by atoms with Crippen LogP contribution in [-0.2, 0) is 20.8 Å². The minimum atomic E-state index is -0.603. The number of benzene rings is 1. The first kappa shape index (κ1) is 35.7. The van der Waals surface area contributed by atoms with Crippen molar-refractivity contribution in [2.45, 2.75) is 96.9 Å². The SMILES string of the molecule is Cc1c(C2=N[C@@H](C(=O)N3CCN(C)CC3)[C@H](CC3CCCCC3)O2)oc2cccc(OCCCN(Cc3cccnc3)C(=O)OC(C)(C)C)c12. The fraction of sp³-hybridized carbons (Fsp3) is 0.590. The van der Waals surface area contributed by atoms with E-state index in [4.69, 9.17) is 23.6 Å². The molecule has 0 bridgehead atoms. The third-order valence-electron chi connectivity index (χ3n) is 9.92. The Morgan fingerprint density at radius 3 is 2.54 bits per heavy atom. The molecular weight excluding hydrogens is 634 g/mol. The van der Waals surface area contributed by atoms with E-state index in [0.29, 0.717) is 68.1 Å². The van der Waals surface area contributed by atoms with E-state index in [2.05, 4.69) is 16.9 Å². The zero-order valence-electron chi connectivity index (χ0n) is 30.4. The number of aromatic nitrogens is 1. The first-order valence-corrected chi connectivity index (χ1v) is 18.3. The number of pyridine rings is 1. The highest BCUT2D eigenvalue weighted by molar-refractivity contribution is 6.03. The first-order valence-electron chi connectivity index (χ1n) is 18.3. The number of nitrogens with zero attached hydrogens (tertiary/aromatic N) is 5. The summed E-state index contributed by atoms with van der Waals surface area (Å²) < 4.78 is 25.0. The van der Waals surface area contributed by atoms with Crippen molar-refractivity contribution in [1.82, 2.24) is 19.7 Å². The summed E-state index contributed by atoms with van der Waals surface area (Å²) >= 11 is 0. The number of piperazine rings is 1. The van der Waals surface area contributed by atoms with Crippen LogP contribution in [0.5, 0.6) is 5.75 Å². The molecule has 0 unspecified atom stereocenters. The summed E-state index contributed by atoms with van der Waals surface area (Å²) in [6.07, 6.45) is 10.3. The van der Waals surface area contributed by atoms with Crippen molar-refractivity contribution < 1.29 is 28.2 Å². The molecule has 2 fully saturated rings. The lowest BCUT2D eigenvalue weighted by atomic mass is 9.84. The molecule has 3 aliphatic rings. The second-order valence-electron chi connectivity index (χ2n) is 15.1. The second-order valence-corrected chi connectivity index (χ2v) is 15.1. The van der Waals surface area contributed by atoms with E-state index in [1.165, 1.54) is 32.1 Å². The summed E-state index contributed by atoms with van der Waals surface area (Å²) in [6.45, 7) is 11.9. The largest absolute Gasteiger partial charge is 0.493 e. The molecule has 2 atom stereocenters. The normalized spacial score (nSPS) is 20.4. The minimum Gasteiger partial charge on any atom is -0.493 e. The highest BCUT2D eigenvalue weighted by atomic mass is 16.6. The Kier molecular flexibility index (Phi) is 11.3. The van der Waals surface area contributed by atoms with Crippen LogP contribution >= 0.6 is 0 Å². The maximum atomic E-state index is 13.9. The van der Waals surface area contributed by atoms with Crippen LogP contribution in [0.25, 0.3) is 11.0 Å². The first-order chi connectivity index (χ1) is 24.1. The van der Waals surface area contributed by atoms with Crippen molar-refractivity contribution in [1.29, 1.82) is 0 Å². The average molecular weight is 688 g/mol. The third-order valence-corrected chi connectivity index (χ3v) is 9.92. The highest BCUT2D eigenvalue weighted by Crippen LogP contribution is 2.37. The fourth-order valence-electron chi connectivity index (χ4n) is 7.22. The van der Waals surface area contributed by atoms with Gasteiger partial charge in [-0.1, -0.05) is 44.2 Å². The number of fused-ring (bicyclic) bond motifs is 1. The number of ether oxygens (including phenoxy) is 3. The Morgan fingerprint density at radius 1 is 1.04 bits per heavy atom. The smallest absolute Gasteiger partial charge is 0.410 e. The van der Waals surface area contributed by atoms with E-state index in [1.54, 1.807) is 17.3 Å². The summed E-state index contributed by atoms with van der Waals surface area (Å²) in [5.74, 6) is 2.23. The van der Waals surface area contributed by atoms with Gasteiger partial charge >= 0.3 is 6.09 Å². The van der Waals surface area contributed by atoms with Gasteiger partial charge in [0.1, 0.15) is 23.0 Å². The van der Waals surface area contributed by atoms with E-state index in [9.17, 15) is 9.59 Å². The molecule has 270 valence electrons. The number of carbonyl (C=O) groups excluding carboxylic acids is 2. The summed E-state index contributed by atoms with van der Waals surface area (Å²) in [6, 6.07) is 8.99. The van der Waals surface area contributed by atoms with Crippen LogP contribution in [0.2, 0.25) is 0 Å². The summed E-state index contributed by atoms with van der Waals surface area (Å²) in [7, 11) is 2.09. The number of aryl methyl sites for hydroxylation is 1. The number of furan rings is 1. The second kappa shape index (κ2) is 15.8. The van der Waals surface area contributed by atoms with Gasteiger partial charge in [0.15, 0.2) is 11.8 Å². The average Bonchev–Trinajstić information content (AvgIpc) is 3.67. The van der Waals surface area contributed by atoms with Crippen LogP contribution < -0.4 is 4.74 Å². The number of hydrogen-bond acceptors (Lipinski definition) is 9. The van der Waals surface area contributed by atoms with E-state index < -0.39 is 11.6 Å². The fourth-order valence-corrected chi connectivity index (χ4v) is 7.22. The quantitative estimate of drug-likeness (QED) is 0.208. The topological polar surface area (TPSA) is 110 Å². The number of likely N-dealkylation sites (N-methyl/N-ethyl adjacent to an activating group) is 1. The molecule has 1 aliphatic carbocycles. The maximum Gasteiger partial charge on any atom is 0.410 e. The lowest BCUT2D eigenvalue weighted by molar-refractivity contribution is -0.135. The van der Waals surface area contributed by atoms with Crippen LogP contribution in [0, 0.1) is 12.8 Å². The Bertz CT molecular complexity index is 1640. The van der Waals surface area contributed by atoms with Crippen molar-refractivity contribution in [2.24, 2.45) is 10.9 Å². The molecule has 6 rings (SSSR count). The van der Waals surface area contributed by atoms with Crippen molar-refractivity contribution in [3.8, 4) is 5.75 Å². The third kappa shape index (κ3) is 8.78. The van der Waals surface area contributed by atoms with Crippen LogP contribution in [0.15, 0.2) is 52.1 Å². The lowest BCUT2D eigenvalue weighted by Crippen LogP contribution is -2.51. The lowest BCUT2D eigenvalue weighted by Gasteiger charge is -2.34. The molecule has 2 amide bonds. The van der Waals surface area contributed by atoms with Crippen molar-refractivity contribution >= 4 is 28.9 Å². The van der Waals surface area contributed by atoms with Gasteiger partial charge in [-0.25, -0.2) is 9.79 Å². The van der Waals surface area contributed by atoms with Crippen LogP contribution in [-0.4, -0.2) is 102 Å². The molecular formula is C39H53N5O6. The van der Waals surface area contributed by atoms with Crippen molar-refractivity contribution in [3.63, 3.8) is 0 Å². The predicted octanol–water partition coefficient (Wildman–Crippen LogP) is 6.60. The molecule has 11 heteroatoms. The molecule has 1 saturated carbocycles. The van der Waals surface area contributed by atoms with E-state index in [-0.39, 0.29) is 18.1 Å². The standard InChI is InChI=1S/C39H53N5O6/c1-27-33-30(47-23-11-18-44(38(46)50-39(2,3)4)26-29-14-10-17-40-25-29)15-9-16-31(33)48-35(27)36-41-34(37(45)43-21-19-42(5)20-22-43)32(49-36)24-28-12-7-6-8-13-28/h9-10,14-17,25,28,32,34H,6-8,11-13,18-24,26H2,1-5H3/t32-,34+/m0/s1. The molecule has 11 nitrogen and oxygen atoms in total. The molecule has 0 spiro atoms. The molecule has 1 aromatic carbocycles. The highest BCUT2D eigenvalue weighted by Gasteiger charge is 2.42. The van der Waals surface area contributed by atoms with Crippen molar-refractivity contribution in [3.05, 3.63) is 59.6 Å². The van der Waals surface area contributed by atoms with Gasteiger partial charge in [0.2, 0.25) is 0 Å². The van der Waals surface area contributed by atoms with Crippen LogP contribution in [0.4, 0.5) is 4.79 Å². The number of aliphatic imine (C=N–C) groups is 1. The van der Waals surface area contributed by atoms with Gasteiger partial charge in [0.05, 0.1) is 18.5 Å². The maximum absolute atomic E-state index is 13.9. The van der Waals surface area contributed by atoms with Crippen molar-refractivity contribution in [2.75, 3.05) is 46.4 Å². The Labute approximate surface area is 295 Å². The monoisotopic (exact) mass is 687 g/mol. The molecule has 0 N–H and O–H groups in total. The zero-order chi connectivity index (χ0) is 35.3. The number of rotatable bonds is 11. The van der Waals surface area contributed by atoms with E-state index in [1.807, 2.05) is 62.9 Å². The number of hydrogen-bond donors (Lipinski definition) is 0. The summed E-state index contributed by atoms with van der Waals surface area (Å²) in [4.78, 5) is 42.0. The van der Waals surface area contributed by atoms with Gasteiger partial charge in [0, 0.05) is 50.7 Å². The van der Waals surface area contributed by atoms with Gasteiger partial charge in [-0.05, 0) is 77.3 Å². The summed E-state index contributed by atoms with van der Waals surface area (Å²) in [5.41, 5.74) is 1.86. The minimum absolute atomic E-state index is 0.0515. The van der Waals surface area contributed by atoms with Crippen LogP contribution in [0.1, 0.15) is 82.6 Å². The molecule has 50 heavy (non-hydrogen) atoms. The Hall–Kier alpha value is -4.12. The van der Waals surface area contributed by atoms with Gasteiger partial charge in [-0.2, -0.15) is 0 Å². The van der Waals surface area contributed by atoms with Crippen LogP contribution in [0.3, 0.4) is 0 Å². The van der Waals surface area contributed by atoms with E-state index in [0.717, 1.165) is 36.0 Å². The molecule has 3 aromatic rings. The molecule has 2 aliphatic heterocycles. The number of amides is 2.